The van der Waals surface area contributed by atoms with Crippen LogP contribution in [0.5, 0.6) is 0 Å². The fraction of sp³-hybridized carbons (Fsp3) is 0.364. The van der Waals surface area contributed by atoms with E-state index in [0.717, 1.165) is 11.8 Å². The number of hydroxylamine groups is 2. The molecule has 0 aliphatic carbocycles. The summed E-state index contributed by atoms with van der Waals surface area (Å²) in [6.45, 7) is 3.12. The Labute approximate surface area is 111 Å². The lowest BCUT2D eigenvalue weighted by Crippen LogP contribution is -2.29. The van der Waals surface area contributed by atoms with Gasteiger partial charge >= 0.3 is 0 Å². The van der Waals surface area contributed by atoms with Gasteiger partial charge in [-0.1, -0.05) is 17.7 Å². The number of aromatic nitrogens is 1. The summed E-state index contributed by atoms with van der Waals surface area (Å²) in [5.41, 5.74) is 0.921. The molecule has 0 aliphatic heterocycles. The maximum atomic E-state index is 10.6. The fourth-order valence-corrected chi connectivity index (χ4v) is 1.37. The van der Waals surface area contributed by atoms with E-state index in [1.807, 2.05) is 20.0 Å². The highest BCUT2D eigenvalue weighted by Gasteiger charge is 2.02. The standard InChI is InChI=1S/C11H16ClN4O2/c1-3-15(2)11(8-16(17)18)14-7-9-4-5-10(12)13-6-9/h4-6,8,14,17H,3,7H2,1-2H3/q-1. The number of pyridine rings is 1. The molecular weight excluding hydrogens is 256 g/mol. The monoisotopic (exact) mass is 271 g/mol. The average molecular weight is 272 g/mol. The molecule has 6 nitrogen and oxygen atoms in total. The van der Waals surface area contributed by atoms with Gasteiger partial charge in [-0.25, -0.2) is 4.98 Å². The number of hydrogen-bond donors (Lipinski definition) is 2. The summed E-state index contributed by atoms with van der Waals surface area (Å²) in [4.78, 5) is 5.75. The minimum atomic E-state index is -0.228. The summed E-state index contributed by atoms with van der Waals surface area (Å²) in [6, 6.07) is 3.53. The third kappa shape index (κ3) is 4.79. The van der Waals surface area contributed by atoms with Gasteiger partial charge in [-0.15, -0.1) is 0 Å². The molecular formula is C11H16ClN4O2-. The van der Waals surface area contributed by atoms with Crippen molar-refractivity contribution in [3.63, 3.8) is 0 Å². The van der Waals surface area contributed by atoms with E-state index in [4.69, 9.17) is 16.8 Å². The zero-order valence-corrected chi connectivity index (χ0v) is 11.1. The summed E-state index contributed by atoms with van der Waals surface area (Å²) in [6.07, 6.45) is 2.71. The molecule has 1 aromatic heterocycles. The van der Waals surface area contributed by atoms with Crippen molar-refractivity contribution >= 4 is 11.6 Å². The fourth-order valence-electron chi connectivity index (χ4n) is 1.26. The van der Waals surface area contributed by atoms with Crippen molar-refractivity contribution in [2.45, 2.75) is 13.5 Å². The van der Waals surface area contributed by atoms with Crippen molar-refractivity contribution in [1.29, 1.82) is 0 Å². The highest BCUT2D eigenvalue weighted by Crippen LogP contribution is 2.06. The Hall–Kier alpha value is -1.50. The Morgan fingerprint density at radius 1 is 1.61 bits per heavy atom. The lowest BCUT2D eigenvalue weighted by molar-refractivity contribution is 0.00854. The van der Waals surface area contributed by atoms with Crippen LogP contribution in [0.15, 0.2) is 30.4 Å². The lowest BCUT2D eigenvalue weighted by Gasteiger charge is -2.26. The van der Waals surface area contributed by atoms with E-state index in [1.54, 1.807) is 17.2 Å². The third-order valence-electron chi connectivity index (χ3n) is 2.38. The van der Waals surface area contributed by atoms with Gasteiger partial charge in [0.1, 0.15) is 11.0 Å². The molecule has 0 saturated heterocycles. The SMILES string of the molecule is CCN(C)C(=CN([O-])O)NCc1ccc(Cl)nc1. The van der Waals surface area contributed by atoms with Crippen LogP contribution in [0.4, 0.5) is 0 Å². The summed E-state index contributed by atoms with van der Waals surface area (Å²) >= 11 is 5.68. The number of rotatable bonds is 6. The zero-order valence-electron chi connectivity index (χ0n) is 10.3. The first-order valence-electron chi connectivity index (χ1n) is 5.45. The highest BCUT2D eigenvalue weighted by atomic mass is 35.5. The average Bonchev–Trinajstić information content (AvgIpc) is 2.35. The van der Waals surface area contributed by atoms with Crippen molar-refractivity contribution in [2.75, 3.05) is 13.6 Å². The van der Waals surface area contributed by atoms with Gasteiger partial charge < -0.3 is 20.7 Å². The Morgan fingerprint density at radius 3 is 2.83 bits per heavy atom. The van der Waals surface area contributed by atoms with Crippen LogP contribution in [0, 0.1) is 5.21 Å². The van der Waals surface area contributed by atoms with Crippen LogP contribution in [0.25, 0.3) is 0 Å². The molecule has 0 unspecified atom stereocenters. The van der Waals surface area contributed by atoms with E-state index in [-0.39, 0.29) is 5.23 Å². The molecule has 0 fully saturated rings. The number of hydrogen-bond acceptors (Lipinski definition) is 6. The van der Waals surface area contributed by atoms with Crippen molar-refractivity contribution in [2.24, 2.45) is 0 Å². The topological polar surface area (TPSA) is 74.7 Å². The van der Waals surface area contributed by atoms with Crippen molar-refractivity contribution in [3.05, 3.63) is 46.3 Å². The van der Waals surface area contributed by atoms with Crippen molar-refractivity contribution in [1.82, 2.24) is 20.4 Å². The van der Waals surface area contributed by atoms with E-state index in [1.165, 1.54) is 0 Å². The number of halogens is 1. The van der Waals surface area contributed by atoms with E-state index in [9.17, 15) is 5.21 Å². The van der Waals surface area contributed by atoms with Gasteiger partial charge in [0.2, 0.25) is 0 Å². The summed E-state index contributed by atoms with van der Waals surface area (Å²) < 4.78 is 0. The number of nitrogens with zero attached hydrogens (tertiary/aromatic N) is 3. The van der Waals surface area contributed by atoms with Gasteiger partial charge in [0.15, 0.2) is 0 Å². The molecule has 2 N–H and O–H groups in total. The van der Waals surface area contributed by atoms with Crippen LogP contribution in [0.3, 0.4) is 0 Å². The molecule has 7 heteroatoms. The van der Waals surface area contributed by atoms with E-state index in [2.05, 4.69) is 10.3 Å². The molecule has 0 radical (unpaired) electrons. The second kappa shape index (κ2) is 7.05. The van der Waals surface area contributed by atoms with E-state index >= 15 is 0 Å². The van der Waals surface area contributed by atoms with Crippen LogP contribution in [-0.2, 0) is 6.54 Å². The largest absolute Gasteiger partial charge is 0.734 e. The quantitative estimate of drug-likeness (QED) is 0.607. The van der Waals surface area contributed by atoms with Gasteiger partial charge in [0.05, 0.1) is 6.20 Å². The van der Waals surface area contributed by atoms with Gasteiger partial charge in [-0.3, -0.25) is 5.21 Å². The number of nitrogens with one attached hydrogen (secondary N) is 1. The lowest BCUT2D eigenvalue weighted by atomic mass is 10.3. The minimum Gasteiger partial charge on any atom is -0.734 e. The smallest absolute Gasteiger partial charge is 0.129 e. The first kappa shape index (κ1) is 14.6. The molecule has 100 valence electrons. The first-order chi connectivity index (χ1) is 8.52. The molecule has 0 atom stereocenters. The van der Waals surface area contributed by atoms with Crippen molar-refractivity contribution in [3.8, 4) is 0 Å². The molecule has 0 aromatic carbocycles. The summed E-state index contributed by atoms with van der Waals surface area (Å²) in [7, 11) is 1.81. The second-order valence-corrected chi connectivity index (χ2v) is 4.06. The molecule has 18 heavy (non-hydrogen) atoms. The molecule has 1 aromatic rings. The maximum Gasteiger partial charge on any atom is 0.129 e. The third-order valence-corrected chi connectivity index (χ3v) is 2.60. The molecule has 0 bridgehead atoms. The summed E-state index contributed by atoms with van der Waals surface area (Å²) in [5.74, 6) is 0.518. The maximum absolute atomic E-state index is 10.6. The normalized spacial score (nSPS) is 11.3. The predicted molar refractivity (Wildman–Crippen MR) is 69.5 cm³/mol. The molecule has 1 rings (SSSR count). The van der Waals surface area contributed by atoms with Crippen LogP contribution in [0.1, 0.15) is 12.5 Å². The van der Waals surface area contributed by atoms with E-state index in [0.29, 0.717) is 24.1 Å². The van der Waals surface area contributed by atoms with Crippen LogP contribution < -0.4 is 5.32 Å². The Kier molecular flexibility index (Phi) is 5.70. The van der Waals surface area contributed by atoms with Gasteiger partial charge in [0, 0.05) is 26.3 Å². The van der Waals surface area contributed by atoms with Crippen LogP contribution in [0.2, 0.25) is 5.15 Å². The van der Waals surface area contributed by atoms with Gasteiger partial charge in [-0.05, 0) is 18.6 Å². The Bertz CT molecular complexity index is 395. The van der Waals surface area contributed by atoms with E-state index < -0.39 is 0 Å². The second-order valence-electron chi connectivity index (χ2n) is 3.67. The molecule has 0 amide bonds. The predicted octanol–water partition coefficient (Wildman–Crippen LogP) is 1.76. The molecule has 1 heterocycles. The summed E-state index contributed by atoms with van der Waals surface area (Å²) in [5, 5.41) is 22.6. The van der Waals surface area contributed by atoms with Crippen LogP contribution >= 0.6 is 11.6 Å². The van der Waals surface area contributed by atoms with Gasteiger partial charge in [-0.2, -0.15) is 0 Å². The van der Waals surface area contributed by atoms with Crippen LogP contribution in [-0.4, -0.2) is 33.9 Å². The van der Waals surface area contributed by atoms with Crippen molar-refractivity contribution < 1.29 is 5.21 Å². The zero-order chi connectivity index (χ0) is 13.5. The minimum absolute atomic E-state index is 0.228. The first-order valence-corrected chi connectivity index (χ1v) is 5.83. The Balaban J connectivity index is 2.65. The Morgan fingerprint density at radius 2 is 2.33 bits per heavy atom. The molecule has 0 saturated carbocycles. The molecule has 0 aliphatic rings. The molecule has 0 spiro atoms. The highest BCUT2D eigenvalue weighted by molar-refractivity contribution is 6.29. The van der Waals surface area contributed by atoms with Gasteiger partial charge in [0.25, 0.3) is 0 Å².